The molecule has 0 fully saturated rings. The van der Waals surface area contributed by atoms with Crippen molar-refractivity contribution < 1.29 is 9.72 Å². The van der Waals surface area contributed by atoms with E-state index in [1.54, 1.807) is 12.1 Å². The average Bonchev–Trinajstić information content (AvgIpc) is 2.48. The Morgan fingerprint density at radius 3 is 2.30 bits per heavy atom. The van der Waals surface area contributed by atoms with Crippen molar-refractivity contribution in [3.05, 3.63) is 33.9 Å². The summed E-state index contributed by atoms with van der Waals surface area (Å²) in [6, 6.07) is 4.77. The summed E-state index contributed by atoms with van der Waals surface area (Å²) in [7, 11) is 1.92. The fraction of sp³-hybridized carbons (Fsp3) is 0.533. The number of nitro groups is 1. The van der Waals surface area contributed by atoms with Crippen LogP contribution < -0.4 is 4.90 Å². The van der Waals surface area contributed by atoms with Crippen molar-refractivity contribution in [3.8, 4) is 0 Å². The number of hydrogen-bond donors (Lipinski definition) is 0. The molecule has 0 aliphatic rings. The van der Waals surface area contributed by atoms with Crippen LogP contribution in [0.2, 0.25) is 0 Å². The zero-order chi connectivity index (χ0) is 15.3. The average molecular weight is 278 g/mol. The maximum Gasteiger partial charge on any atom is 0.269 e. The van der Waals surface area contributed by atoms with Crippen molar-refractivity contribution in [2.24, 2.45) is 0 Å². The van der Waals surface area contributed by atoms with Gasteiger partial charge in [-0.25, -0.2) is 0 Å². The quantitative estimate of drug-likeness (QED) is 0.436. The van der Waals surface area contributed by atoms with Gasteiger partial charge in [0.25, 0.3) is 5.69 Å². The minimum atomic E-state index is -0.662. The lowest BCUT2D eigenvalue weighted by atomic mass is 9.76. The first kappa shape index (κ1) is 16.1. The minimum Gasteiger partial charge on any atom is -0.375 e. The Morgan fingerprint density at radius 2 is 1.90 bits per heavy atom. The van der Waals surface area contributed by atoms with Crippen LogP contribution in [0.15, 0.2) is 18.2 Å². The highest BCUT2D eigenvalue weighted by Crippen LogP contribution is 2.38. The maximum atomic E-state index is 11.6. The van der Waals surface area contributed by atoms with Crippen LogP contribution in [-0.4, -0.2) is 24.8 Å². The lowest BCUT2D eigenvalue weighted by Crippen LogP contribution is -2.30. The number of nitro benzene ring substituents is 1. The third-order valence-electron chi connectivity index (χ3n) is 4.10. The molecule has 5 heteroatoms. The summed E-state index contributed by atoms with van der Waals surface area (Å²) in [5.41, 5.74) is 0.997. The zero-order valence-electron chi connectivity index (χ0n) is 12.5. The molecule has 0 bridgehead atoms. The molecule has 0 amide bonds. The molecule has 1 aromatic rings. The van der Waals surface area contributed by atoms with Gasteiger partial charge in [0.1, 0.15) is 6.29 Å². The summed E-state index contributed by atoms with van der Waals surface area (Å²) in [6.45, 7) is 6.65. The molecule has 20 heavy (non-hydrogen) atoms. The van der Waals surface area contributed by atoms with E-state index in [1.807, 2.05) is 32.7 Å². The highest BCUT2D eigenvalue weighted by atomic mass is 16.6. The molecule has 5 nitrogen and oxygen atoms in total. The van der Waals surface area contributed by atoms with Crippen LogP contribution in [0, 0.1) is 10.1 Å². The van der Waals surface area contributed by atoms with E-state index in [1.165, 1.54) is 6.07 Å². The molecule has 1 aromatic carbocycles. The van der Waals surface area contributed by atoms with Crippen molar-refractivity contribution in [1.29, 1.82) is 0 Å². The SMILES string of the molecule is CCN(C)c1ccc([N+](=O)[O-])cc1C(C=O)(CC)CC. The number of non-ortho nitro benzene ring substituents is 1. The number of carbonyl (C=O) groups is 1. The van der Waals surface area contributed by atoms with Crippen LogP contribution in [-0.2, 0) is 10.2 Å². The van der Waals surface area contributed by atoms with Crippen molar-refractivity contribution in [2.75, 3.05) is 18.5 Å². The fourth-order valence-corrected chi connectivity index (χ4v) is 2.40. The van der Waals surface area contributed by atoms with Crippen LogP contribution in [0.3, 0.4) is 0 Å². The highest BCUT2D eigenvalue weighted by Gasteiger charge is 2.32. The lowest BCUT2D eigenvalue weighted by molar-refractivity contribution is -0.384. The molecule has 110 valence electrons. The van der Waals surface area contributed by atoms with E-state index in [2.05, 4.69) is 0 Å². The van der Waals surface area contributed by atoms with Gasteiger partial charge >= 0.3 is 0 Å². The second kappa shape index (κ2) is 6.50. The Bertz CT molecular complexity index is 496. The predicted octanol–water partition coefficient (Wildman–Crippen LogP) is 3.31. The van der Waals surface area contributed by atoms with Crippen LogP contribution in [0.25, 0.3) is 0 Å². The molecule has 0 heterocycles. The van der Waals surface area contributed by atoms with Crippen LogP contribution in [0.1, 0.15) is 39.2 Å². The molecule has 0 atom stereocenters. The number of rotatable bonds is 7. The normalized spacial score (nSPS) is 11.2. The number of nitrogens with zero attached hydrogens (tertiary/aromatic N) is 2. The molecule has 0 aromatic heterocycles. The number of hydrogen-bond acceptors (Lipinski definition) is 4. The number of benzene rings is 1. The van der Waals surface area contributed by atoms with Crippen LogP contribution in [0.4, 0.5) is 11.4 Å². The molecule has 0 radical (unpaired) electrons. The van der Waals surface area contributed by atoms with E-state index in [-0.39, 0.29) is 5.69 Å². The molecule has 0 unspecified atom stereocenters. The molecule has 0 saturated carbocycles. The Labute approximate surface area is 119 Å². The number of carbonyl (C=O) groups excluding carboxylic acids is 1. The van der Waals surface area contributed by atoms with Gasteiger partial charge in [0.15, 0.2) is 0 Å². The van der Waals surface area contributed by atoms with Crippen molar-refractivity contribution in [3.63, 3.8) is 0 Å². The molecule has 0 spiro atoms. The van der Waals surface area contributed by atoms with E-state index in [4.69, 9.17) is 0 Å². The topological polar surface area (TPSA) is 63.4 Å². The van der Waals surface area contributed by atoms with Gasteiger partial charge in [-0.1, -0.05) is 13.8 Å². The summed E-state index contributed by atoms with van der Waals surface area (Å²) < 4.78 is 0. The van der Waals surface area contributed by atoms with Gasteiger partial charge in [0.2, 0.25) is 0 Å². The molecule has 0 aliphatic heterocycles. The second-order valence-corrected chi connectivity index (χ2v) is 4.95. The van der Waals surface area contributed by atoms with Gasteiger partial charge in [0, 0.05) is 31.4 Å². The Balaban J connectivity index is 3.56. The monoisotopic (exact) mass is 278 g/mol. The van der Waals surface area contributed by atoms with Gasteiger partial charge in [-0.2, -0.15) is 0 Å². The molecular formula is C15H22N2O3. The fourth-order valence-electron chi connectivity index (χ4n) is 2.40. The largest absolute Gasteiger partial charge is 0.375 e. The summed E-state index contributed by atoms with van der Waals surface area (Å²) in [5, 5.41) is 11.0. The highest BCUT2D eigenvalue weighted by molar-refractivity contribution is 5.75. The van der Waals surface area contributed by atoms with Crippen LogP contribution in [0.5, 0.6) is 0 Å². The van der Waals surface area contributed by atoms with Gasteiger partial charge in [-0.3, -0.25) is 10.1 Å². The third-order valence-corrected chi connectivity index (χ3v) is 4.10. The first-order valence-electron chi connectivity index (χ1n) is 6.92. The standard InChI is InChI=1S/C15H22N2O3/c1-5-15(6-2,11-18)13-10-12(17(19)20)8-9-14(13)16(4)7-3/h8-11H,5-7H2,1-4H3. The van der Waals surface area contributed by atoms with Crippen molar-refractivity contribution in [2.45, 2.75) is 39.0 Å². The predicted molar refractivity (Wildman–Crippen MR) is 80.4 cm³/mol. The van der Waals surface area contributed by atoms with Gasteiger partial charge < -0.3 is 9.69 Å². The number of anilines is 1. The first-order chi connectivity index (χ1) is 9.45. The van der Waals surface area contributed by atoms with Crippen LogP contribution >= 0.6 is 0 Å². The molecular weight excluding hydrogens is 256 g/mol. The Kier molecular flexibility index (Phi) is 5.25. The first-order valence-corrected chi connectivity index (χ1v) is 6.92. The third kappa shape index (κ3) is 2.81. The van der Waals surface area contributed by atoms with Crippen molar-refractivity contribution >= 4 is 17.7 Å². The molecule has 0 aliphatic carbocycles. The molecule has 0 saturated heterocycles. The maximum absolute atomic E-state index is 11.6. The van der Waals surface area contributed by atoms with E-state index < -0.39 is 10.3 Å². The number of aldehydes is 1. The van der Waals surface area contributed by atoms with Gasteiger partial charge in [-0.15, -0.1) is 0 Å². The second-order valence-electron chi connectivity index (χ2n) is 4.95. The molecule has 0 N–H and O–H groups in total. The summed E-state index contributed by atoms with van der Waals surface area (Å²) in [5.74, 6) is 0. The Hall–Kier alpha value is -1.91. The van der Waals surface area contributed by atoms with Gasteiger partial charge in [-0.05, 0) is 31.4 Å². The molecule has 1 rings (SSSR count). The van der Waals surface area contributed by atoms with E-state index in [9.17, 15) is 14.9 Å². The van der Waals surface area contributed by atoms with E-state index in [0.29, 0.717) is 12.8 Å². The summed E-state index contributed by atoms with van der Waals surface area (Å²) >= 11 is 0. The summed E-state index contributed by atoms with van der Waals surface area (Å²) in [6.07, 6.45) is 2.18. The van der Waals surface area contributed by atoms with Crippen molar-refractivity contribution in [1.82, 2.24) is 0 Å². The minimum absolute atomic E-state index is 0.0291. The summed E-state index contributed by atoms with van der Waals surface area (Å²) in [4.78, 5) is 24.2. The van der Waals surface area contributed by atoms with Gasteiger partial charge in [0.05, 0.1) is 10.3 Å². The van der Waals surface area contributed by atoms with E-state index in [0.717, 1.165) is 24.1 Å². The Morgan fingerprint density at radius 1 is 1.30 bits per heavy atom. The lowest BCUT2D eigenvalue weighted by Gasteiger charge is -2.31. The van der Waals surface area contributed by atoms with E-state index >= 15 is 0 Å². The zero-order valence-corrected chi connectivity index (χ0v) is 12.5. The smallest absolute Gasteiger partial charge is 0.269 e.